The molecule has 3 aromatic rings. The fourth-order valence-electron chi connectivity index (χ4n) is 2.20. The normalized spacial score (nSPS) is 12.5. The van der Waals surface area contributed by atoms with Crippen LogP contribution in [0.5, 0.6) is 0 Å². The van der Waals surface area contributed by atoms with Gasteiger partial charge in [0.15, 0.2) is 5.82 Å². The maximum Gasteiger partial charge on any atom is 0.216 e. The van der Waals surface area contributed by atoms with E-state index in [1.54, 1.807) is 10.9 Å². The van der Waals surface area contributed by atoms with Crippen LogP contribution in [0, 0.1) is 4.77 Å². The zero-order chi connectivity index (χ0) is 15.0. The lowest BCUT2D eigenvalue weighted by atomic mass is 9.96. The van der Waals surface area contributed by atoms with Gasteiger partial charge in [-0.15, -0.1) is 0 Å². The minimum atomic E-state index is -0.134. The number of nitrogens with one attached hydrogen (secondary N) is 2. The molecule has 0 spiro atoms. The van der Waals surface area contributed by atoms with Crippen LogP contribution >= 0.6 is 12.2 Å². The van der Waals surface area contributed by atoms with E-state index in [0.29, 0.717) is 4.77 Å². The molecule has 0 aliphatic carbocycles. The van der Waals surface area contributed by atoms with Crippen LogP contribution < -0.4 is 0 Å². The molecule has 1 aromatic carbocycles. The largest absolute Gasteiger partial charge is 0.361 e. The molecule has 0 saturated carbocycles. The summed E-state index contributed by atoms with van der Waals surface area (Å²) in [6.45, 7) is 6.24. The van der Waals surface area contributed by atoms with Crippen LogP contribution in [0.3, 0.4) is 0 Å². The molecule has 0 aliphatic heterocycles. The number of H-pyrrole nitrogens is 2. The van der Waals surface area contributed by atoms with Gasteiger partial charge < -0.3 is 4.98 Å². The number of aromatic nitrogens is 4. The highest BCUT2D eigenvalue weighted by molar-refractivity contribution is 7.71. The number of para-hydroxylation sites is 1. The first kappa shape index (κ1) is 13.8. The molecule has 0 atom stereocenters. The molecule has 0 unspecified atom stereocenters. The van der Waals surface area contributed by atoms with Crippen molar-refractivity contribution >= 4 is 29.3 Å². The molecule has 2 heterocycles. The highest BCUT2D eigenvalue weighted by atomic mass is 32.1. The minimum Gasteiger partial charge on any atom is -0.361 e. The highest BCUT2D eigenvalue weighted by Gasteiger charge is 2.21. The summed E-state index contributed by atoms with van der Waals surface area (Å²) in [6.07, 6.45) is 3.74. The first-order valence-corrected chi connectivity index (χ1v) is 7.16. The molecule has 0 saturated heterocycles. The highest BCUT2D eigenvalue weighted by Crippen LogP contribution is 2.20. The molecule has 21 heavy (non-hydrogen) atoms. The topological polar surface area (TPSA) is 61.8 Å². The molecular formula is C15H17N5S. The standard InChI is InChI=1S/C15H17N5S/c1-15(2,3)13-18-19-14(21)20(13)17-9-10-8-16-12-7-5-4-6-11(10)12/h4-9,16H,1-3H3,(H,19,21)/b17-9+. The van der Waals surface area contributed by atoms with E-state index >= 15 is 0 Å². The second kappa shape index (κ2) is 4.96. The van der Waals surface area contributed by atoms with Gasteiger partial charge in [0.2, 0.25) is 4.77 Å². The predicted octanol–water partition coefficient (Wildman–Crippen LogP) is 3.60. The van der Waals surface area contributed by atoms with E-state index in [-0.39, 0.29) is 5.41 Å². The first-order valence-electron chi connectivity index (χ1n) is 6.75. The van der Waals surface area contributed by atoms with Gasteiger partial charge in [0, 0.05) is 28.1 Å². The van der Waals surface area contributed by atoms with E-state index in [1.807, 2.05) is 24.4 Å². The average Bonchev–Trinajstić information content (AvgIpc) is 3.00. The predicted molar refractivity (Wildman–Crippen MR) is 87.4 cm³/mol. The molecule has 0 radical (unpaired) electrons. The van der Waals surface area contributed by atoms with Crippen molar-refractivity contribution in [2.75, 3.05) is 0 Å². The van der Waals surface area contributed by atoms with E-state index in [4.69, 9.17) is 12.2 Å². The van der Waals surface area contributed by atoms with Crippen LogP contribution in [0.15, 0.2) is 35.6 Å². The van der Waals surface area contributed by atoms with Gasteiger partial charge in [-0.3, -0.25) is 5.10 Å². The van der Waals surface area contributed by atoms with E-state index in [9.17, 15) is 0 Å². The third-order valence-electron chi connectivity index (χ3n) is 3.25. The summed E-state index contributed by atoms with van der Waals surface area (Å²) in [7, 11) is 0. The van der Waals surface area contributed by atoms with Crippen LogP contribution in [0.2, 0.25) is 0 Å². The summed E-state index contributed by atoms with van der Waals surface area (Å²) in [4.78, 5) is 3.23. The van der Waals surface area contributed by atoms with Crippen molar-refractivity contribution in [1.29, 1.82) is 0 Å². The SMILES string of the molecule is CC(C)(C)c1n[nH]c(=S)n1/N=C/c1c[nH]c2ccccc12. The van der Waals surface area contributed by atoms with Gasteiger partial charge in [-0.1, -0.05) is 39.0 Å². The Morgan fingerprint density at radius 1 is 1.29 bits per heavy atom. The van der Waals surface area contributed by atoms with Crippen molar-refractivity contribution < 1.29 is 0 Å². The van der Waals surface area contributed by atoms with Crippen molar-refractivity contribution in [3.8, 4) is 0 Å². The van der Waals surface area contributed by atoms with Crippen LogP contribution in [-0.4, -0.2) is 26.1 Å². The Hall–Kier alpha value is -2.21. The fraction of sp³-hybridized carbons (Fsp3) is 0.267. The van der Waals surface area contributed by atoms with E-state index in [2.05, 4.69) is 47.1 Å². The molecule has 6 heteroatoms. The van der Waals surface area contributed by atoms with Gasteiger partial charge in [-0.05, 0) is 18.3 Å². The van der Waals surface area contributed by atoms with E-state index in [1.165, 1.54) is 0 Å². The Bertz CT molecular complexity index is 860. The smallest absolute Gasteiger partial charge is 0.216 e. The quantitative estimate of drug-likeness (QED) is 0.561. The van der Waals surface area contributed by atoms with Crippen LogP contribution in [0.4, 0.5) is 0 Å². The number of hydrogen-bond acceptors (Lipinski definition) is 3. The summed E-state index contributed by atoms with van der Waals surface area (Å²) in [5.74, 6) is 0.809. The first-order chi connectivity index (χ1) is 9.97. The van der Waals surface area contributed by atoms with Gasteiger partial charge in [0.1, 0.15) is 0 Å². The van der Waals surface area contributed by atoms with Crippen LogP contribution in [-0.2, 0) is 5.41 Å². The molecule has 0 fully saturated rings. The Morgan fingerprint density at radius 3 is 2.81 bits per heavy atom. The van der Waals surface area contributed by atoms with Gasteiger partial charge in [0.25, 0.3) is 0 Å². The Balaban J connectivity index is 2.05. The number of rotatable bonds is 2. The minimum absolute atomic E-state index is 0.134. The number of fused-ring (bicyclic) bond motifs is 1. The van der Waals surface area contributed by atoms with Gasteiger partial charge in [-0.2, -0.15) is 14.9 Å². The van der Waals surface area contributed by atoms with Gasteiger partial charge in [-0.25, -0.2) is 0 Å². The molecule has 2 aromatic heterocycles. The third kappa shape index (κ3) is 2.54. The van der Waals surface area contributed by atoms with Gasteiger partial charge >= 0.3 is 0 Å². The second-order valence-corrected chi connectivity index (χ2v) is 6.34. The van der Waals surface area contributed by atoms with Gasteiger partial charge in [0.05, 0.1) is 6.21 Å². The third-order valence-corrected chi connectivity index (χ3v) is 3.52. The number of hydrogen-bond donors (Lipinski definition) is 2. The lowest BCUT2D eigenvalue weighted by Crippen LogP contribution is -2.17. The fourth-order valence-corrected chi connectivity index (χ4v) is 2.38. The Labute approximate surface area is 127 Å². The van der Waals surface area contributed by atoms with E-state index < -0.39 is 0 Å². The second-order valence-electron chi connectivity index (χ2n) is 5.95. The van der Waals surface area contributed by atoms with Crippen molar-refractivity contribution in [1.82, 2.24) is 19.9 Å². The summed E-state index contributed by atoms with van der Waals surface area (Å²) in [6, 6.07) is 8.12. The zero-order valence-electron chi connectivity index (χ0n) is 12.2. The van der Waals surface area contributed by atoms with Crippen molar-refractivity contribution in [3.05, 3.63) is 46.6 Å². The average molecular weight is 299 g/mol. The van der Waals surface area contributed by atoms with Crippen LogP contribution in [0.25, 0.3) is 10.9 Å². The van der Waals surface area contributed by atoms with E-state index in [0.717, 1.165) is 22.3 Å². The lowest BCUT2D eigenvalue weighted by Gasteiger charge is -2.15. The molecule has 2 N–H and O–H groups in total. The molecule has 3 rings (SSSR count). The molecule has 0 aliphatic rings. The molecule has 5 nitrogen and oxygen atoms in total. The molecule has 108 valence electrons. The maximum absolute atomic E-state index is 5.26. The zero-order valence-corrected chi connectivity index (χ0v) is 13.0. The number of aromatic amines is 2. The monoisotopic (exact) mass is 299 g/mol. The lowest BCUT2D eigenvalue weighted by molar-refractivity contribution is 0.516. The Kier molecular flexibility index (Phi) is 3.25. The molecule has 0 amide bonds. The molecule has 0 bridgehead atoms. The maximum atomic E-state index is 5.26. The van der Waals surface area contributed by atoms with Crippen molar-refractivity contribution in [3.63, 3.8) is 0 Å². The summed E-state index contributed by atoms with van der Waals surface area (Å²) >= 11 is 5.26. The van der Waals surface area contributed by atoms with Crippen LogP contribution in [0.1, 0.15) is 32.2 Å². The summed E-state index contributed by atoms with van der Waals surface area (Å²) in [5, 5.41) is 12.7. The Morgan fingerprint density at radius 2 is 2.05 bits per heavy atom. The van der Waals surface area contributed by atoms with Crippen molar-refractivity contribution in [2.45, 2.75) is 26.2 Å². The summed E-state index contributed by atoms with van der Waals surface area (Å²) < 4.78 is 2.17. The number of nitrogens with zero attached hydrogens (tertiary/aromatic N) is 3. The van der Waals surface area contributed by atoms with Crippen molar-refractivity contribution in [2.24, 2.45) is 5.10 Å². The number of benzene rings is 1. The summed E-state index contributed by atoms with van der Waals surface area (Å²) in [5.41, 5.74) is 1.98. The molecular weight excluding hydrogens is 282 g/mol.